The van der Waals surface area contributed by atoms with E-state index in [2.05, 4.69) is 4.99 Å². The van der Waals surface area contributed by atoms with E-state index in [1.807, 2.05) is 6.26 Å². The van der Waals surface area contributed by atoms with Gasteiger partial charge >= 0.3 is 0 Å². The Morgan fingerprint density at radius 2 is 1.83 bits per heavy atom. The molecule has 0 amide bonds. The number of aliphatic imine (C=N–C) groups is 1. The highest BCUT2D eigenvalue weighted by Gasteiger charge is 2.41. The summed E-state index contributed by atoms with van der Waals surface area (Å²) in [7, 11) is 0. The second-order valence-electron chi connectivity index (χ2n) is 3.84. The zero-order valence-electron chi connectivity index (χ0n) is 7.49. The van der Waals surface area contributed by atoms with Gasteiger partial charge in [0.1, 0.15) is 0 Å². The summed E-state index contributed by atoms with van der Waals surface area (Å²) < 4.78 is 0. The third-order valence-corrected chi connectivity index (χ3v) is 3.22. The minimum atomic E-state index is 0.581. The molecule has 2 N–H and O–H groups in total. The third-order valence-electron chi connectivity index (χ3n) is 2.70. The Balaban J connectivity index is 1.95. The lowest BCUT2D eigenvalue weighted by atomic mass is 10.1. The maximum absolute atomic E-state index is 5.72. The van der Waals surface area contributed by atoms with Crippen LogP contribution in [0.1, 0.15) is 25.7 Å². The highest BCUT2D eigenvalue weighted by Crippen LogP contribution is 2.46. The molecule has 0 aromatic carbocycles. The fourth-order valence-electron chi connectivity index (χ4n) is 1.67. The van der Waals surface area contributed by atoms with Crippen LogP contribution in [-0.2, 0) is 0 Å². The van der Waals surface area contributed by atoms with Crippen molar-refractivity contribution in [3.8, 4) is 0 Å². The fourth-order valence-corrected chi connectivity index (χ4v) is 1.90. The number of hydrogen-bond donors (Lipinski definition) is 1. The van der Waals surface area contributed by atoms with Gasteiger partial charge in [-0.15, -0.1) is 0 Å². The minimum absolute atomic E-state index is 0.581. The molecule has 2 aliphatic rings. The Bertz CT molecular complexity index is 183. The van der Waals surface area contributed by atoms with Crippen LogP contribution in [0, 0.1) is 11.8 Å². The molecule has 0 radical (unpaired) electrons. The smallest absolute Gasteiger partial charge is 0.153 e. The van der Waals surface area contributed by atoms with Crippen molar-refractivity contribution in [2.75, 3.05) is 6.26 Å². The molecule has 2 saturated carbocycles. The van der Waals surface area contributed by atoms with E-state index in [1.165, 1.54) is 25.7 Å². The first kappa shape index (κ1) is 8.42. The summed E-state index contributed by atoms with van der Waals surface area (Å²) >= 11 is 1.57. The van der Waals surface area contributed by atoms with E-state index in [0.29, 0.717) is 6.04 Å². The van der Waals surface area contributed by atoms with Crippen molar-refractivity contribution < 1.29 is 0 Å². The molecular formula is C9H16N2S. The minimum Gasteiger partial charge on any atom is -0.379 e. The molecule has 0 spiro atoms. The standard InChI is InChI=1S/C9H16N2S/c1-12-9(10)11-8(6-2-3-6)7-4-5-7/h6-8H,2-5H2,1H3,(H2,10,11). The first-order valence-corrected chi connectivity index (χ1v) is 5.91. The van der Waals surface area contributed by atoms with Gasteiger partial charge in [0.2, 0.25) is 0 Å². The van der Waals surface area contributed by atoms with E-state index < -0.39 is 0 Å². The van der Waals surface area contributed by atoms with Crippen molar-refractivity contribution in [1.29, 1.82) is 0 Å². The summed E-state index contributed by atoms with van der Waals surface area (Å²) in [5.41, 5.74) is 5.72. The molecule has 0 aliphatic heterocycles. The first-order valence-electron chi connectivity index (χ1n) is 4.68. The number of nitrogens with two attached hydrogens (primary N) is 1. The largest absolute Gasteiger partial charge is 0.379 e. The highest BCUT2D eigenvalue weighted by atomic mass is 32.2. The Morgan fingerprint density at radius 3 is 2.17 bits per heavy atom. The maximum Gasteiger partial charge on any atom is 0.153 e. The van der Waals surface area contributed by atoms with Crippen molar-refractivity contribution in [3.63, 3.8) is 0 Å². The van der Waals surface area contributed by atoms with Crippen molar-refractivity contribution >= 4 is 16.9 Å². The Labute approximate surface area is 78.0 Å². The molecule has 2 rings (SSSR count). The predicted octanol–water partition coefficient (Wildman–Crippen LogP) is 1.85. The Morgan fingerprint density at radius 1 is 1.33 bits per heavy atom. The number of thioether (sulfide) groups is 1. The van der Waals surface area contributed by atoms with Crippen LogP contribution in [0.25, 0.3) is 0 Å². The molecule has 12 heavy (non-hydrogen) atoms. The van der Waals surface area contributed by atoms with Gasteiger partial charge in [-0.25, -0.2) is 0 Å². The van der Waals surface area contributed by atoms with Crippen LogP contribution in [0.5, 0.6) is 0 Å². The lowest BCUT2D eigenvalue weighted by molar-refractivity contribution is 0.534. The van der Waals surface area contributed by atoms with Crippen LogP contribution < -0.4 is 5.73 Å². The summed E-state index contributed by atoms with van der Waals surface area (Å²) in [6.07, 6.45) is 7.52. The van der Waals surface area contributed by atoms with E-state index in [0.717, 1.165) is 17.0 Å². The van der Waals surface area contributed by atoms with Gasteiger partial charge in [0.15, 0.2) is 5.17 Å². The molecule has 0 unspecified atom stereocenters. The maximum atomic E-state index is 5.72. The Kier molecular flexibility index (Phi) is 2.31. The average molecular weight is 184 g/mol. The van der Waals surface area contributed by atoms with Crippen LogP contribution >= 0.6 is 11.8 Å². The topological polar surface area (TPSA) is 38.4 Å². The summed E-state index contributed by atoms with van der Waals surface area (Å²) in [6.45, 7) is 0. The number of rotatable bonds is 3. The van der Waals surface area contributed by atoms with Gasteiger partial charge in [-0.05, 0) is 43.8 Å². The Hall–Kier alpha value is -0.180. The fraction of sp³-hybridized carbons (Fsp3) is 0.889. The first-order chi connectivity index (χ1) is 5.81. The van der Waals surface area contributed by atoms with E-state index in [9.17, 15) is 0 Å². The van der Waals surface area contributed by atoms with Crippen LogP contribution in [0.4, 0.5) is 0 Å². The van der Waals surface area contributed by atoms with Crippen molar-refractivity contribution in [1.82, 2.24) is 0 Å². The third kappa shape index (κ3) is 1.94. The van der Waals surface area contributed by atoms with Gasteiger partial charge < -0.3 is 5.73 Å². The molecule has 0 aromatic heterocycles. The molecule has 0 heterocycles. The summed E-state index contributed by atoms with van der Waals surface area (Å²) in [6, 6.07) is 0.581. The monoisotopic (exact) mass is 184 g/mol. The van der Waals surface area contributed by atoms with Gasteiger partial charge in [0, 0.05) is 0 Å². The van der Waals surface area contributed by atoms with Crippen LogP contribution in [0.2, 0.25) is 0 Å². The van der Waals surface area contributed by atoms with Crippen molar-refractivity contribution in [3.05, 3.63) is 0 Å². The lowest BCUT2D eigenvalue weighted by Crippen LogP contribution is -2.16. The summed E-state index contributed by atoms with van der Waals surface area (Å²) in [4.78, 5) is 4.58. The van der Waals surface area contributed by atoms with Crippen molar-refractivity contribution in [2.24, 2.45) is 22.6 Å². The SMILES string of the molecule is CSC(N)=NC(C1CC1)C1CC1. The predicted molar refractivity (Wildman–Crippen MR) is 54.4 cm³/mol. The van der Waals surface area contributed by atoms with Crippen LogP contribution in [0.3, 0.4) is 0 Å². The lowest BCUT2D eigenvalue weighted by Gasteiger charge is -2.09. The normalized spacial score (nSPS) is 25.0. The van der Waals surface area contributed by atoms with Gasteiger partial charge in [-0.3, -0.25) is 4.99 Å². The quantitative estimate of drug-likeness (QED) is 0.537. The van der Waals surface area contributed by atoms with Crippen molar-refractivity contribution in [2.45, 2.75) is 31.7 Å². The van der Waals surface area contributed by atoms with E-state index in [4.69, 9.17) is 5.73 Å². The van der Waals surface area contributed by atoms with Crippen LogP contribution in [-0.4, -0.2) is 17.5 Å². The van der Waals surface area contributed by atoms with E-state index in [-0.39, 0.29) is 0 Å². The molecule has 0 bridgehead atoms. The molecule has 3 heteroatoms. The molecule has 2 aliphatic carbocycles. The zero-order chi connectivity index (χ0) is 8.55. The molecule has 0 aromatic rings. The van der Waals surface area contributed by atoms with Gasteiger partial charge in [-0.1, -0.05) is 11.8 Å². The second-order valence-corrected chi connectivity index (χ2v) is 4.66. The molecule has 0 saturated heterocycles. The van der Waals surface area contributed by atoms with Gasteiger partial charge in [-0.2, -0.15) is 0 Å². The second kappa shape index (κ2) is 3.29. The van der Waals surface area contributed by atoms with E-state index >= 15 is 0 Å². The summed E-state index contributed by atoms with van der Waals surface area (Å²) in [5, 5.41) is 0.777. The molecule has 68 valence electrons. The number of amidine groups is 1. The molecule has 2 nitrogen and oxygen atoms in total. The number of hydrogen-bond acceptors (Lipinski definition) is 2. The number of nitrogens with zero attached hydrogens (tertiary/aromatic N) is 1. The summed E-state index contributed by atoms with van der Waals surface area (Å²) in [5.74, 6) is 1.76. The zero-order valence-corrected chi connectivity index (χ0v) is 8.31. The molecule has 0 atom stereocenters. The molecular weight excluding hydrogens is 168 g/mol. The molecule has 2 fully saturated rings. The van der Waals surface area contributed by atoms with Crippen LogP contribution in [0.15, 0.2) is 4.99 Å². The van der Waals surface area contributed by atoms with Gasteiger partial charge in [0.05, 0.1) is 6.04 Å². The average Bonchev–Trinajstić information content (AvgIpc) is 2.87. The highest BCUT2D eigenvalue weighted by molar-refractivity contribution is 8.13. The van der Waals surface area contributed by atoms with Gasteiger partial charge in [0.25, 0.3) is 0 Å². The van der Waals surface area contributed by atoms with E-state index in [1.54, 1.807) is 11.8 Å².